The molecule has 0 aromatic heterocycles. The zero-order valence-corrected chi connectivity index (χ0v) is 13.9. The highest BCUT2D eigenvalue weighted by Gasteiger charge is 2.36. The van der Waals surface area contributed by atoms with E-state index in [2.05, 4.69) is 18.7 Å². The molecule has 0 N–H and O–H groups in total. The molecule has 0 atom stereocenters. The first-order chi connectivity index (χ1) is 9.15. The van der Waals surface area contributed by atoms with E-state index in [0.29, 0.717) is 5.41 Å². The van der Waals surface area contributed by atoms with Gasteiger partial charge >= 0.3 is 0 Å². The van der Waals surface area contributed by atoms with E-state index in [9.17, 15) is 0 Å². The van der Waals surface area contributed by atoms with Crippen LogP contribution in [0.2, 0.25) is 0 Å². The van der Waals surface area contributed by atoms with Crippen molar-refractivity contribution in [1.29, 1.82) is 0 Å². The van der Waals surface area contributed by atoms with Gasteiger partial charge in [-0.25, -0.2) is 0 Å². The van der Waals surface area contributed by atoms with Gasteiger partial charge in [-0.2, -0.15) is 12.6 Å². The van der Waals surface area contributed by atoms with Crippen molar-refractivity contribution in [2.75, 3.05) is 18.8 Å². The highest BCUT2D eigenvalue weighted by atomic mass is 32.1. The SMILES string of the molecule is CC(C)CCN(CC1(CS)CCCC1)C1CCCC1. The van der Waals surface area contributed by atoms with Crippen LogP contribution in [0.1, 0.15) is 71.6 Å². The predicted molar refractivity (Wildman–Crippen MR) is 88.0 cm³/mol. The Hall–Kier alpha value is 0.310. The van der Waals surface area contributed by atoms with E-state index in [0.717, 1.165) is 17.7 Å². The number of nitrogens with zero attached hydrogens (tertiary/aromatic N) is 1. The van der Waals surface area contributed by atoms with Crippen LogP contribution in [-0.4, -0.2) is 29.8 Å². The van der Waals surface area contributed by atoms with E-state index < -0.39 is 0 Å². The molecule has 0 radical (unpaired) electrons. The third kappa shape index (κ3) is 4.39. The minimum Gasteiger partial charge on any atom is -0.300 e. The number of hydrogen-bond acceptors (Lipinski definition) is 2. The van der Waals surface area contributed by atoms with E-state index in [1.807, 2.05) is 0 Å². The van der Waals surface area contributed by atoms with Gasteiger partial charge in [0.05, 0.1) is 0 Å². The molecule has 0 spiro atoms. The van der Waals surface area contributed by atoms with Gasteiger partial charge in [0.15, 0.2) is 0 Å². The minimum atomic E-state index is 0.544. The molecular weight excluding hydrogens is 250 g/mol. The highest BCUT2D eigenvalue weighted by Crippen LogP contribution is 2.41. The van der Waals surface area contributed by atoms with Gasteiger partial charge < -0.3 is 0 Å². The number of hydrogen-bond donors (Lipinski definition) is 1. The smallest absolute Gasteiger partial charge is 0.00954 e. The molecule has 2 aliphatic rings. The van der Waals surface area contributed by atoms with Gasteiger partial charge in [-0.05, 0) is 55.7 Å². The van der Waals surface area contributed by atoms with Crippen LogP contribution < -0.4 is 0 Å². The quantitative estimate of drug-likeness (QED) is 0.659. The lowest BCUT2D eigenvalue weighted by Crippen LogP contribution is -2.43. The molecule has 2 rings (SSSR count). The van der Waals surface area contributed by atoms with E-state index in [4.69, 9.17) is 12.6 Å². The second-order valence-electron chi connectivity index (χ2n) is 7.46. The van der Waals surface area contributed by atoms with Crippen molar-refractivity contribution >= 4 is 12.6 Å². The third-order valence-corrected chi connectivity index (χ3v) is 6.04. The fourth-order valence-corrected chi connectivity index (χ4v) is 4.42. The van der Waals surface area contributed by atoms with E-state index in [1.54, 1.807) is 0 Å². The Labute approximate surface area is 125 Å². The fraction of sp³-hybridized carbons (Fsp3) is 1.00. The van der Waals surface area contributed by atoms with Gasteiger partial charge in [-0.1, -0.05) is 39.5 Å². The molecule has 0 aliphatic heterocycles. The maximum absolute atomic E-state index is 4.70. The zero-order valence-electron chi connectivity index (χ0n) is 13.0. The third-order valence-electron chi connectivity index (χ3n) is 5.37. The summed E-state index contributed by atoms with van der Waals surface area (Å²) in [7, 11) is 0. The van der Waals surface area contributed by atoms with Crippen molar-refractivity contribution in [2.24, 2.45) is 11.3 Å². The number of thiol groups is 1. The van der Waals surface area contributed by atoms with Gasteiger partial charge in [-0.3, -0.25) is 4.90 Å². The lowest BCUT2D eigenvalue weighted by atomic mass is 9.87. The molecule has 0 aromatic carbocycles. The molecule has 0 amide bonds. The van der Waals surface area contributed by atoms with Crippen molar-refractivity contribution in [3.63, 3.8) is 0 Å². The average Bonchev–Trinajstić information content (AvgIpc) is 3.06. The van der Waals surface area contributed by atoms with Crippen LogP contribution >= 0.6 is 12.6 Å². The summed E-state index contributed by atoms with van der Waals surface area (Å²) < 4.78 is 0. The molecule has 1 nitrogen and oxygen atoms in total. The molecule has 0 heterocycles. The van der Waals surface area contributed by atoms with E-state index in [1.165, 1.54) is 70.9 Å². The average molecular weight is 284 g/mol. The molecule has 2 aliphatic carbocycles. The van der Waals surface area contributed by atoms with Gasteiger partial charge in [0.25, 0.3) is 0 Å². The van der Waals surface area contributed by atoms with Gasteiger partial charge in [0, 0.05) is 12.6 Å². The van der Waals surface area contributed by atoms with Gasteiger partial charge in [0.2, 0.25) is 0 Å². The van der Waals surface area contributed by atoms with Crippen LogP contribution in [0.4, 0.5) is 0 Å². The fourth-order valence-electron chi connectivity index (χ4n) is 4.01. The van der Waals surface area contributed by atoms with E-state index in [-0.39, 0.29) is 0 Å². The first kappa shape index (κ1) is 15.7. The second kappa shape index (κ2) is 7.36. The highest BCUT2D eigenvalue weighted by molar-refractivity contribution is 7.80. The maximum Gasteiger partial charge on any atom is 0.00954 e. The first-order valence-electron chi connectivity index (χ1n) is 8.50. The lowest BCUT2D eigenvalue weighted by molar-refractivity contribution is 0.119. The lowest BCUT2D eigenvalue weighted by Gasteiger charge is -2.38. The molecule has 2 saturated carbocycles. The van der Waals surface area contributed by atoms with Crippen molar-refractivity contribution in [2.45, 2.75) is 77.7 Å². The van der Waals surface area contributed by atoms with Crippen LogP contribution in [0, 0.1) is 11.3 Å². The van der Waals surface area contributed by atoms with Crippen molar-refractivity contribution in [1.82, 2.24) is 4.90 Å². The summed E-state index contributed by atoms with van der Waals surface area (Å²) in [5.41, 5.74) is 0.544. The summed E-state index contributed by atoms with van der Waals surface area (Å²) in [5.74, 6) is 1.93. The first-order valence-corrected chi connectivity index (χ1v) is 9.13. The molecule has 19 heavy (non-hydrogen) atoms. The minimum absolute atomic E-state index is 0.544. The predicted octanol–water partition coefficient (Wildman–Crippen LogP) is 4.77. The summed E-state index contributed by atoms with van der Waals surface area (Å²) in [6.07, 6.45) is 12.9. The Bertz CT molecular complexity index is 252. The molecule has 2 heteroatoms. The Morgan fingerprint density at radius 3 is 2.26 bits per heavy atom. The van der Waals surface area contributed by atoms with Crippen molar-refractivity contribution in [3.05, 3.63) is 0 Å². The summed E-state index contributed by atoms with van der Waals surface area (Å²) in [6, 6.07) is 0.885. The van der Waals surface area contributed by atoms with Crippen LogP contribution in [0.5, 0.6) is 0 Å². The number of rotatable bonds is 7. The Kier molecular flexibility index (Phi) is 6.08. The molecule has 0 unspecified atom stereocenters. The molecule has 0 bridgehead atoms. The Balaban J connectivity index is 1.95. The molecule has 2 fully saturated rings. The normalized spacial score (nSPS) is 23.8. The molecule has 0 saturated heterocycles. The Morgan fingerprint density at radius 2 is 1.74 bits per heavy atom. The second-order valence-corrected chi connectivity index (χ2v) is 7.77. The van der Waals surface area contributed by atoms with Crippen LogP contribution in [0.15, 0.2) is 0 Å². The topological polar surface area (TPSA) is 3.24 Å². The van der Waals surface area contributed by atoms with E-state index >= 15 is 0 Å². The summed E-state index contributed by atoms with van der Waals surface area (Å²) in [5, 5.41) is 0. The maximum atomic E-state index is 4.70. The van der Waals surface area contributed by atoms with Crippen LogP contribution in [0.3, 0.4) is 0 Å². The van der Waals surface area contributed by atoms with Crippen molar-refractivity contribution in [3.8, 4) is 0 Å². The molecular formula is C17H33NS. The van der Waals surface area contributed by atoms with Gasteiger partial charge in [-0.15, -0.1) is 0 Å². The van der Waals surface area contributed by atoms with Crippen molar-refractivity contribution < 1.29 is 0 Å². The standard InChI is InChI=1S/C17H33NS/c1-15(2)9-12-18(16-7-3-4-8-16)13-17(14-19)10-5-6-11-17/h15-16,19H,3-14H2,1-2H3. The Morgan fingerprint density at radius 1 is 1.11 bits per heavy atom. The summed E-state index contributed by atoms with van der Waals surface area (Å²) >= 11 is 4.70. The summed E-state index contributed by atoms with van der Waals surface area (Å²) in [6.45, 7) is 7.36. The van der Waals surface area contributed by atoms with Crippen LogP contribution in [0.25, 0.3) is 0 Å². The van der Waals surface area contributed by atoms with Crippen LogP contribution in [-0.2, 0) is 0 Å². The molecule has 0 aromatic rings. The van der Waals surface area contributed by atoms with Gasteiger partial charge in [0.1, 0.15) is 0 Å². The monoisotopic (exact) mass is 283 g/mol. The zero-order chi connectivity index (χ0) is 13.7. The molecule has 112 valence electrons. The summed E-state index contributed by atoms with van der Waals surface area (Å²) in [4.78, 5) is 2.86. The largest absolute Gasteiger partial charge is 0.300 e.